The van der Waals surface area contributed by atoms with Gasteiger partial charge in [0, 0.05) is 18.2 Å². The highest BCUT2D eigenvalue weighted by Crippen LogP contribution is 2.32. The third-order valence-electron chi connectivity index (χ3n) is 7.20. The third-order valence-corrected chi connectivity index (χ3v) is 8.58. The lowest BCUT2D eigenvalue weighted by molar-refractivity contribution is 0.0189. The van der Waals surface area contributed by atoms with Crippen LogP contribution >= 0.6 is 0 Å². The van der Waals surface area contributed by atoms with Crippen LogP contribution in [0.3, 0.4) is 0 Å². The van der Waals surface area contributed by atoms with Gasteiger partial charge in [0.2, 0.25) is 11.8 Å². The summed E-state index contributed by atoms with van der Waals surface area (Å²) in [6.45, 7) is 10.5. The molecule has 6 bridgehead atoms. The van der Waals surface area contributed by atoms with Crippen LogP contribution in [0.15, 0.2) is 53.4 Å². The Bertz CT molecular complexity index is 1510. The van der Waals surface area contributed by atoms with Crippen LogP contribution in [0.2, 0.25) is 0 Å². The highest BCUT2D eigenvalue weighted by molar-refractivity contribution is 7.93. The van der Waals surface area contributed by atoms with Crippen molar-refractivity contribution < 1.29 is 18.5 Å². The van der Waals surface area contributed by atoms with Gasteiger partial charge in [-0.1, -0.05) is 30.3 Å². The Morgan fingerprint density at radius 1 is 1.12 bits per heavy atom. The summed E-state index contributed by atoms with van der Waals surface area (Å²) in [6.07, 6.45) is 1.46. The molecule has 0 aliphatic carbocycles. The summed E-state index contributed by atoms with van der Waals surface area (Å²) < 4.78 is 37.3. The summed E-state index contributed by atoms with van der Waals surface area (Å²) in [5, 5.41) is 0. The predicted octanol–water partition coefficient (Wildman–Crippen LogP) is 6.14. The average molecular weight is 564 g/mol. The Balaban J connectivity index is 1.60. The van der Waals surface area contributed by atoms with Gasteiger partial charge < -0.3 is 14.4 Å². The smallest absolute Gasteiger partial charge is 0.410 e. The maximum Gasteiger partial charge on any atom is 0.410 e. The Morgan fingerprint density at radius 2 is 1.85 bits per heavy atom. The van der Waals surface area contributed by atoms with Gasteiger partial charge in [0.1, 0.15) is 11.7 Å². The first-order valence-electron chi connectivity index (χ1n) is 13.6. The summed E-state index contributed by atoms with van der Waals surface area (Å²) >= 11 is 0. The summed E-state index contributed by atoms with van der Waals surface area (Å²) in [5.74, 6) is 0.544. The van der Waals surface area contributed by atoms with Crippen LogP contribution in [-0.4, -0.2) is 50.0 Å². The number of carbonyl (C=O) groups is 1. The normalized spacial score (nSPS) is 22.9. The number of anilines is 1. The SMILES string of the molecule is Cc1cccc(C)c1-c1cc2nc(n1)NS(=N)(=O)c1cccc(c1)CC1CCN(C(=O)OC(C)(C)C)CC(C1)O2. The number of nitrogens with one attached hydrogen (secondary N) is 2. The van der Waals surface area contributed by atoms with Gasteiger partial charge in [-0.05, 0) is 88.6 Å². The van der Waals surface area contributed by atoms with Crippen LogP contribution in [0.1, 0.15) is 50.3 Å². The van der Waals surface area contributed by atoms with E-state index in [1.54, 1.807) is 17.0 Å². The quantitative estimate of drug-likeness (QED) is 0.367. The van der Waals surface area contributed by atoms with E-state index in [1.807, 2.05) is 71.0 Å². The fraction of sp³-hybridized carbons (Fsp3) is 0.433. The van der Waals surface area contributed by atoms with Crippen LogP contribution in [0.4, 0.5) is 10.7 Å². The molecule has 3 heterocycles. The number of hydrogen-bond acceptors (Lipinski definition) is 7. The van der Waals surface area contributed by atoms with Crippen LogP contribution in [0, 0.1) is 24.5 Å². The number of carbonyl (C=O) groups excluding carboxylic acids is 1. The first kappa shape index (κ1) is 27.9. The Labute approximate surface area is 236 Å². The zero-order chi connectivity index (χ0) is 28.7. The van der Waals surface area contributed by atoms with Gasteiger partial charge >= 0.3 is 6.09 Å². The Hall–Kier alpha value is -3.66. The van der Waals surface area contributed by atoms with Crippen molar-refractivity contribution in [2.24, 2.45) is 5.92 Å². The molecule has 3 atom stereocenters. The topological polar surface area (TPSA) is 118 Å². The minimum Gasteiger partial charge on any atom is -0.472 e. The largest absolute Gasteiger partial charge is 0.472 e. The number of fused-ring (bicyclic) bond motifs is 6. The lowest BCUT2D eigenvalue weighted by Gasteiger charge is -2.28. The van der Waals surface area contributed by atoms with Gasteiger partial charge in [-0.3, -0.25) is 4.72 Å². The van der Waals surface area contributed by atoms with Crippen LogP contribution in [0.25, 0.3) is 11.3 Å². The molecule has 40 heavy (non-hydrogen) atoms. The highest BCUT2D eigenvalue weighted by Gasteiger charge is 2.32. The molecule has 2 aliphatic rings. The van der Waals surface area contributed by atoms with Crippen molar-refractivity contribution >= 4 is 22.0 Å². The summed E-state index contributed by atoms with van der Waals surface area (Å²) in [7, 11) is -3.44. The molecule has 1 saturated heterocycles. The van der Waals surface area contributed by atoms with E-state index in [0.717, 1.165) is 28.7 Å². The van der Waals surface area contributed by atoms with Gasteiger partial charge in [-0.25, -0.2) is 18.8 Å². The number of ether oxygens (including phenoxy) is 2. The lowest BCUT2D eigenvalue weighted by atomic mass is 9.92. The highest BCUT2D eigenvalue weighted by atomic mass is 32.2. The van der Waals surface area contributed by atoms with E-state index >= 15 is 0 Å². The van der Waals surface area contributed by atoms with E-state index < -0.39 is 15.5 Å². The first-order chi connectivity index (χ1) is 18.9. The van der Waals surface area contributed by atoms with Crippen molar-refractivity contribution in [2.75, 3.05) is 17.8 Å². The van der Waals surface area contributed by atoms with Crippen molar-refractivity contribution in [3.8, 4) is 17.1 Å². The molecule has 1 aromatic heterocycles. The lowest BCUT2D eigenvalue weighted by Crippen LogP contribution is -2.41. The monoisotopic (exact) mass is 563 g/mol. The number of rotatable bonds is 1. The number of likely N-dealkylation sites (tertiary alicyclic amines) is 1. The van der Waals surface area contributed by atoms with Gasteiger partial charge in [-0.2, -0.15) is 4.98 Å². The summed E-state index contributed by atoms with van der Waals surface area (Å²) in [4.78, 5) is 24.4. The van der Waals surface area contributed by atoms with Crippen molar-refractivity contribution in [2.45, 2.75) is 70.5 Å². The molecule has 10 heteroatoms. The predicted molar refractivity (Wildman–Crippen MR) is 155 cm³/mol. The molecule has 0 saturated carbocycles. The van der Waals surface area contributed by atoms with E-state index in [9.17, 15) is 9.00 Å². The molecular formula is C30H37N5O4S. The fourth-order valence-corrected chi connectivity index (χ4v) is 6.48. The molecule has 2 aliphatic heterocycles. The molecule has 1 fully saturated rings. The van der Waals surface area contributed by atoms with Crippen LogP contribution in [0.5, 0.6) is 5.88 Å². The van der Waals surface area contributed by atoms with Crippen molar-refractivity contribution in [3.05, 3.63) is 65.2 Å². The molecule has 9 nitrogen and oxygen atoms in total. The number of aromatic nitrogens is 2. The maximum atomic E-state index is 13.6. The zero-order valence-electron chi connectivity index (χ0n) is 23.7. The second-order valence-electron chi connectivity index (χ2n) is 11.7. The molecule has 3 aromatic rings. The first-order valence-corrected chi connectivity index (χ1v) is 15.2. The zero-order valence-corrected chi connectivity index (χ0v) is 24.5. The molecule has 0 spiro atoms. The van der Waals surface area contributed by atoms with Crippen LogP contribution in [-0.2, 0) is 21.1 Å². The summed E-state index contributed by atoms with van der Waals surface area (Å²) in [5.41, 5.74) is 3.97. The molecule has 2 aromatic carbocycles. The molecule has 1 amide bonds. The van der Waals surface area contributed by atoms with Crippen molar-refractivity contribution in [1.82, 2.24) is 14.9 Å². The Kier molecular flexibility index (Phi) is 7.48. The molecule has 3 unspecified atom stereocenters. The number of nitrogens with zero attached hydrogens (tertiary/aromatic N) is 3. The molecule has 0 radical (unpaired) electrons. The van der Waals surface area contributed by atoms with Crippen molar-refractivity contribution in [1.29, 1.82) is 4.78 Å². The second kappa shape index (κ2) is 10.7. The minimum absolute atomic E-state index is 0.0500. The van der Waals surface area contributed by atoms with Gasteiger partial charge in [0.05, 0.1) is 17.1 Å². The fourth-order valence-electron chi connectivity index (χ4n) is 5.42. The van der Waals surface area contributed by atoms with Crippen LogP contribution < -0.4 is 9.46 Å². The molecule has 2 N–H and O–H groups in total. The molecule has 212 valence electrons. The van der Waals surface area contributed by atoms with Crippen molar-refractivity contribution in [3.63, 3.8) is 0 Å². The van der Waals surface area contributed by atoms with E-state index in [-0.39, 0.29) is 24.1 Å². The van der Waals surface area contributed by atoms with Gasteiger partial charge in [-0.15, -0.1) is 0 Å². The third kappa shape index (κ3) is 6.38. The van der Waals surface area contributed by atoms with E-state index in [2.05, 4.69) is 14.7 Å². The molecular weight excluding hydrogens is 526 g/mol. The standard InChI is InChI=1S/C30H37N5O4S/c1-19-8-6-9-20(2)27(19)25-17-26-33-28(32-25)34-40(31,37)24-11-7-10-21(16-24)14-22-12-13-35(18-23(15-22)38-26)29(36)39-30(3,4)5/h6-11,16-17,22-23H,12-15,18H2,1-5H3,(H2,31,32,33,34,37). The number of aryl methyl sites for hydroxylation is 2. The minimum atomic E-state index is -3.44. The van der Waals surface area contributed by atoms with E-state index in [0.29, 0.717) is 42.4 Å². The number of amides is 1. The van der Waals surface area contributed by atoms with Gasteiger partial charge in [0.25, 0.3) is 0 Å². The number of benzene rings is 2. The van der Waals surface area contributed by atoms with E-state index in [1.165, 1.54) is 0 Å². The van der Waals surface area contributed by atoms with E-state index in [4.69, 9.17) is 14.3 Å². The Morgan fingerprint density at radius 3 is 2.58 bits per heavy atom. The van der Waals surface area contributed by atoms with Gasteiger partial charge in [0.15, 0.2) is 9.92 Å². The second-order valence-corrected chi connectivity index (χ2v) is 13.5. The molecule has 5 rings (SSSR count). The summed E-state index contributed by atoms with van der Waals surface area (Å²) in [6, 6.07) is 15.1. The number of hydrogen-bond donors (Lipinski definition) is 2. The maximum absolute atomic E-state index is 13.6. The average Bonchev–Trinajstić information content (AvgIpc) is 3.04.